The Kier molecular flexibility index (Phi) is 4.81. The minimum absolute atomic E-state index is 0.126. The first-order valence-corrected chi connectivity index (χ1v) is 10.7. The number of aromatic nitrogens is 3. The van der Waals surface area contributed by atoms with Crippen LogP contribution >= 0.6 is 0 Å². The summed E-state index contributed by atoms with van der Waals surface area (Å²) in [7, 11) is 1.91. The van der Waals surface area contributed by atoms with Crippen LogP contribution in [0.5, 0.6) is 0 Å². The summed E-state index contributed by atoms with van der Waals surface area (Å²) in [4.78, 5) is 31.8. The third kappa shape index (κ3) is 3.28. The zero-order valence-corrected chi connectivity index (χ0v) is 17.6. The van der Waals surface area contributed by atoms with E-state index in [0.717, 1.165) is 54.8 Å². The maximum absolute atomic E-state index is 13.3. The van der Waals surface area contributed by atoms with Crippen molar-refractivity contribution in [2.24, 2.45) is 0 Å². The molecule has 2 saturated heterocycles. The van der Waals surface area contributed by atoms with Crippen molar-refractivity contribution in [3.05, 3.63) is 54.0 Å². The third-order valence-electron chi connectivity index (χ3n) is 6.53. The first kappa shape index (κ1) is 18.9. The SMILES string of the molecule is Cc1ccc(CN(C)C(=O)N2CCC[C@@H]3C2CCN3c2ncnc3[nH]ccc23)cc1. The number of nitrogens with zero attached hydrogens (tertiary/aromatic N) is 5. The molecule has 2 aliphatic heterocycles. The van der Waals surface area contributed by atoms with Gasteiger partial charge in [-0.05, 0) is 37.8 Å². The van der Waals surface area contributed by atoms with Gasteiger partial charge in [0, 0.05) is 32.9 Å². The molecule has 30 heavy (non-hydrogen) atoms. The fourth-order valence-electron chi connectivity index (χ4n) is 5.03. The summed E-state index contributed by atoms with van der Waals surface area (Å²) in [6, 6.07) is 11.1. The van der Waals surface area contributed by atoms with Crippen molar-refractivity contribution in [2.45, 2.75) is 44.8 Å². The fraction of sp³-hybridized carbons (Fsp3) is 0.435. The van der Waals surface area contributed by atoms with Gasteiger partial charge in [-0.15, -0.1) is 0 Å². The molecule has 2 aliphatic rings. The number of carbonyl (C=O) groups excluding carboxylic acids is 1. The number of rotatable bonds is 3. The van der Waals surface area contributed by atoms with Crippen LogP contribution in [-0.2, 0) is 6.54 Å². The molecular weight excluding hydrogens is 376 g/mol. The van der Waals surface area contributed by atoms with Gasteiger partial charge in [0.1, 0.15) is 17.8 Å². The van der Waals surface area contributed by atoms with E-state index in [1.54, 1.807) is 6.33 Å². The van der Waals surface area contributed by atoms with Gasteiger partial charge in [-0.2, -0.15) is 0 Å². The molecular formula is C23H28N6O. The number of nitrogens with one attached hydrogen (secondary N) is 1. The lowest BCUT2D eigenvalue weighted by atomic mass is 9.97. The molecule has 4 heterocycles. The maximum atomic E-state index is 13.3. The fourth-order valence-corrected chi connectivity index (χ4v) is 5.03. The Hall–Kier alpha value is -3.09. The summed E-state index contributed by atoms with van der Waals surface area (Å²) < 4.78 is 0. The van der Waals surface area contributed by atoms with Gasteiger partial charge in [0.15, 0.2) is 0 Å². The number of urea groups is 1. The zero-order chi connectivity index (χ0) is 20.7. The largest absolute Gasteiger partial charge is 0.351 e. The number of likely N-dealkylation sites (tertiary alicyclic amines) is 1. The van der Waals surface area contributed by atoms with Crippen molar-refractivity contribution < 1.29 is 4.79 Å². The van der Waals surface area contributed by atoms with Crippen molar-refractivity contribution in [2.75, 3.05) is 25.0 Å². The average molecular weight is 405 g/mol. The molecule has 0 aliphatic carbocycles. The number of H-pyrrole nitrogens is 1. The molecule has 2 atom stereocenters. The van der Waals surface area contributed by atoms with Gasteiger partial charge in [-0.1, -0.05) is 29.8 Å². The molecule has 0 saturated carbocycles. The van der Waals surface area contributed by atoms with Crippen LogP contribution in [0.3, 0.4) is 0 Å². The van der Waals surface area contributed by atoms with Gasteiger partial charge in [0.05, 0.1) is 17.5 Å². The molecule has 1 N–H and O–H groups in total. The highest BCUT2D eigenvalue weighted by atomic mass is 16.2. The smallest absolute Gasteiger partial charge is 0.320 e. The first-order chi connectivity index (χ1) is 14.6. The van der Waals surface area contributed by atoms with E-state index in [1.807, 2.05) is 24.2 Å². The van der Waals surface area contributed by atoms with Crippen LogP contribution in [0.4, 0.5) is 10.6 Å². The summed E-state index contributed by atoms with van der Waals surface area (Å²) in [6.07, 6.45) is 6.62. The number of carbonyl (C=O) groups is 1. The van der Waals surface area contributed by atoms with Gasteiger partial charge in [-0.25, -0.2) is 14.8 Å². The molecule has 2 fully saturated rings. The lowest BCUT2D eigenvalue weighted by Gasteiger charge is -2.41. The van der Waals surface area contributed by atoms with E-state index in [1.165, 1.54) is 5.56 Å². The number of piperidine rings is 1. The summed E-state index contributed by atoms with van der Waals surface area (Å²) in [5.74, 6) is 0.982. The highest BCUT2D eigenvalue weighted by Gasteiger charge is 2.43. The Bertz CT molecular complexity index is 1050. The number of hydrogen-bond donors (Lipinski definition) is 1. The van der Waals surface area contributed by atoms with Crippen LogP contribution in [0.1, 0.15) is 30.4 Å². The lowest BCUT2D eigenvalue weighted by molar-refractivity contribution is 0.119. The molecule has 0 bridgehead atoms. The highest BCUT2D eigenvalue weighted by Crippen LogP contribution is 2.36. The summed E-state index contributed by atoms with van der Waals surface area (Å²) in [5.41, 5.74) is 3.26. The van der Waals surface area contributed by atoms with E-state index in [9.17, 15) is 4.79 Å². The molecule has 0 spiro atoms. The molecule has 3 aromatic rings. The van der Waals surface area contributed by atoms with E-state index in [2.05, 4.69) is 55.9 Å². The molecule has 2 aromatic heterocycles. The van der Waals surface area contributed by atoms with E-state index < -0.39 is 0 Å². The second-order valence-corrected chi connectivity index (χ2v) is 8.51. The predicted molar refractivity (Wildman–Crippen MR) is 117 cm³/mol. The average Bonchev–Trinajstić information content (AvgIpc) is 3.41. The maximum Gasteiger partial charge on any atom is 0.320 e. The zero-order valence-electron chi connectivity index (χ0n) is 17.6. The van der Waals surface area contributed by atoms with Gasteiger partial charge < -0.3 is 19.7 Å². The third-order valence-corrected chi connectivity index (χ3v) is 6.53. The standard InChI is InChI=1S/C23H28N6O/c1-16-5-7-17(8-6-16)14-27(2)23(30)29-12-3-4-19-20(29)10-13-28(19)22-18-9-11-24-21(18)25-15-26-22/h5-9,11,15,19-20H,3-4,10,12-14H2,1-2H3,(H,24,25,26)/t19-,20?/m1/s1. The molecule has 1 unspecified atom stereocenters. The molecule has 5 rings (SSSR count). The summed E-state index contributed by atoms with van der Waals surface area (Å²) in [5, 5.41) is 1.05. The second-order valence-electron chi connectivity index (χ2n) is 8.51. The van der Waals surface area contributed by atoms with Crippen molar-refractivity contribution >= 4 is 22.9 Å². The van der Waals surface area contributed by atoms with Crippen LogP contribution in [0.2, 0.25) is 0 Å². The monoisotopic (exact) mass is 404 g/mol. The Morgan fingerprint density at radius 2 is 1.97 bits per heavy atom. The normalized spacial score (nSPS) is 21.1. The number of benzene rings is 1. The number of amides is 2. The molecule has 7 heteroatoms. The molecule has 0 radical (unpaired) electrons. The van der Waals surface area contributed by atoms with E-state index >= 15 is 0 Å². The van der Waals surface area contributed by atoms with Crippen LogP contribution in [-0.4, -0.2) is 63.0 Å². The Balaban J connectivity index is 1.34. The van der Waals surface area contributed by atoms with Crippen molar-refractivity contribution in [3.63, 3.8) is 0 Å². The molecule has 1 aromatic carbocycles. The van der Waals surface area contributed by atoms with Gasteiger partial charge in [0.25, 0.3) is 0 Å². The number of anilines is 1. The van der Waals surface area contributed by atoms with Crippen molar-refractivity contribution in [1.29, 1.82) is 0 Å². The quantitative estimate of drug-likeness (QED) is 0.725. The highest BCUT2D eigenvalue weighted by molar-refractivity contribution is 5.87. The van der Waals surface area contributed by atoms with Gasteiger partial charge in [0.2, 0.25) is 0 Å². The van der Waals surface area contributed by atoms with Gasteiger partial charge in [-0.3, -0.25) is 0 Å². The van der Waals surface area contributed by atoms with Crippen LogP contribution in [0, 0.1) is 6.92 Å². The molecule has 2 amide bonds. The lowest BCUT2D eigenvalue weighted by Crippen LogP contribution is -2.55. The Morgan fingerprint density at radius 1 is 1.13 bits per heavy atom. The number of aromatic amines is 1. The molecule has 156 valence electrons. The van der Waals surface area contributed by atoms with Crippen LogP contribution in [0.25, 0.3) is 11.0 Å². The van der Waals surface area contributed by atoms with E-state index in [-0.39, 0.29) is 12.1 Å². The Morgan fingerprint density at radius 3 is 2.80 bits per heavy atom. The second kappa shape index (κ2) is 7.63. The predicted octanol–water partition coefficient (Wildman–Crippen LogP) is 3.56. The first-order valence-electron chi connectivity index (χ1n) is 10.7. The summed E-state index contributed by atoms with van der Waals surface area (Å²) in [6.45, 7) is 4.46. The van der Waals surface area contributed by atoms with Crippen molar-refractivity contribution in [1.82, 2.24) is 24.8 Å². The van der Waals surface area contributed by atoms with E-state index in [4.69, 9.17) is 0 Å². The van der Waals surface area contributed by atoms with Crippen LogP contribution < -0.4 is 4.90 Å². The number of fused-ring (bicyclic) bond motifs is 2. The summed E-state index contributed by atoms with van der Waals surface area (Å²) >= 11 is 0. The van der Waals surface area contributed by atoms with Crippen molar-refractivity contribution in [3.8, 4) is 0 Å². The Labute approximate surface area is 176 Å². The minimum Gasteiger partial charge on any atom is -0.351 e. The minimum atomic E-state index is 0.126. The number of hydrogen-bond acceptors (Lipinski definition) is 4. The van der Waals surface area contributed by atoms with Crippen LogP contribution in [0.15, 0.2) is 42.9 Å². The number of aryl methyl sites for hydroxylation is 1. The van der Waals surface area contributed by atoms with Gasteiger partial charge >= 0.3 is 6.03 Å². The molecule has 7 nitrogen and oxygen atoms in total. The topological polar surface area (TPSA) is 68.4 Å². The van der Waals surface area contributed by atoms with E-state index in [0.29, 0.717) is 12.6 Å².